The minimum Gasteiger partial charge on any atom is -0.384 e. The summed E-state index contributed by atoms with van der Waals surface area (Å²) in [6.07, 6.45) is 4.46. The quantitative estimate of drug-likeness (QED) is 0.700. The molecule has 0 unspecified atom stereocenters. The van der Waals surface area contributed by atoms with Gasteiger partial charge in [-0.25, -0.2) is 0 Å². The van der Waals surface area contributed by atoms with Crippen LogP contribution in [-0.4, -0.2) is 23.0 Å². The molecule has 0 saturated heterocycles. The molecule has 1 amide bonds. The van der Waals surface area contributed by atoms with Crippen LogP contribution in [0.15, 0.2) is 18.5 Å². The lowest BCUT2D eigenvalue weighted by atomic mass is 10.0. The molecule has 94 valence electrons. The number of nitrogens with zero attached hydrogens (tertiary/aromatic N) is 1. The van der Waals surface area contributed by atoms with Gasteiger partial charge in [0.2, 0.25) is 5.91 Å². The highest BCUT2D eigenvalue weighted by Crippen LogP contribution is 2.17. The Hall–Kier alpha value is -1.78. The number of pyridine rings is 1. The van der Waals surface area contributed by atoms with Crippen molar-refractivity contribution < 1.29 is 4.79 Å². The molecule has 1 rings (SSSR count). The highest BCUT2D eigenvalue weighted by atomic mass is 16.1. The summed E-state index contributed by atoms with van der Waals surface area (Å²) in [6, 6.07) is 1.91. The molecule has 0 saturated carbocycles. The molecule has 5 nitrogen and oxygen atoms in total. The van der Waals surface area contributed by atoms with Crippen LogP contribution in [0.25, 0.3) is 0 Å². The average Bonchev–Trinajstić information content (AvgIpc) is 2.26. The maximum atomic E-state index is 11.2. The zero-order chi connectivity index (χ0) is 12.9. The molecule has 0 aliphatic carbocycles. The normalized spacial score (nSPS) is 11.0. The standard InChI is InChI=1S/C12H20N4O/c1-4-5-15-9-6-10(8-14-7-9)16-12(2,3)11(13)17/h6-8,15-16H,4-5H2,1-3H3,(H2,13,17). The fourth-order valence-corrected chi connectivity index (χ4v) is 1.30. The second-order valence-corrected chi connectivity index (χ2v) is 4.50. The van der Waals surface area contributed by atoms with Crippen molar-refractivity contribution in [3.8, 4) is 0 Å². The number of amides is 1. The Bertz CT molecular complexity index is 390. The van der Waals surface area contributed by atoms with Crippen LogP contribution in [-0.2, 0) is 4.79 Å². The van der Waals surface area contributed by atoms with E-state index in [4.69, 9.17) is 5.73 Å². The molecule has 5 heteroatoms. The number of rotatable bonds is 6. The first-order valence-electron chi connectivity index (χ1n) is 5.72. The molecule has 0 aliphatic heterocycles. The van der Waals surface area contributed by atoms with E-state index in [1.54, 1.807) is 26.2 Å². The van der Waals surface area contributed by atoms with Crippen molar-refractivity contribution in [1.82, 2.24) is 4.98 Å². The topological polar surface area (TPSA) is 80.0 Å². The minimum absolute atomic E-state index is 0.399. The molecule has 0 fully saturated rings. The molecule has 0 aliphatic rings. The second kappa shape index (κ2) is 5.52. The largest absolute Gasteiger partial charge is 0.384 e. The molecule has 4 N–H and O–H groups in total. The molecule has 0 aromatic carbocycles. The highest BCUT2D eigenvalue weighted by molar-refractivity contribution is 5.87. The number of hydrogen-bond acceptors (Lipinski definition) is 4. The number of carbonyl (C=O) groups excluding carboxylic acids is 1. The zero-order valence-electron chi connectivity index (χ0n) is 10.6. The maximum Gasteiger partial charge on any atom is 0.242 e. The van der Waals surface area contributed by atoms with Crippen molar-refractivity contribution in [3.63, 3.8) is 0 Å². The number of primary amides is 1. The van der Waals surface area contributed by atoms with Gasteiger partial charge in [-0.3, -0.25) is 9.78 Å². The fourth-order valence-electron chi connectivity index (χ4n) is 1.30. The maximum absolute atomic E-state index is 11.2. The molecular weight excluding hydrogens is 216 g/mol. The monoisotopic (exact) mass is 236 g/mol. The average molecular weight is 236 g/mol. The SMILES string of the molecule is CCCNc1cncc(NC(C)(C)C(N)=O)c1. The first-order valence-corrected chi connectivity index (χ1v) is 5.72. The summed E-state index contributed by atoms with van der Waals surface area (Å²) < 4.78 is 0. The summed E-state index contributed by atoms with van der Waals surface area (Å²) in [7, 11) is 0. The lowest BCUT2D eigenvalue weighted by Gasteiger charge is -2.23. The van der Waals surface area contributed by atoms with Crippen LogP contribution in [0.1, 0.15) is 27.2 Å². The smallest absolute Gasteiger partial charge is 0.242 e. The van der Waals surface area contributed by atoms with E-state index in [-0.39, 0.29) is 0 Å². The van der Waals surface area contributed by atoms with Gasteiger partial charge in [0.25, 0.3) is 0 Å². The van der Waals surface area contributed by atoms with Crippen molar-refractivity contribution >= 4 is 17.3 Å². The van der Waals surface area contributed by atoms with E-state index >= 15 is 0 Å². The van der Waals surface area contributed by atoms with E-state index < -0.39 is 11.4 Å². The number of carbonyl (C=O) groups is 1. The van der Waals surface area contributed by atoms with Gasteiger partial charge in [-0.1, -0.05) is 6.92 Å². The lowest BCUT2D eigenvalue weighted by molar-refractivity contribution is -0.121. The molecule has 0 bridgehead atoms. The first-order chi connectivity index (χ1) is 7.95. The van der Waals surface area contributed by atoms with Crippen LogP contribution >= 0.6 is 0 Å². The molecule has 1 aromatic rings. The number of nitrogens with one attached hydrogen (secondary N) is 2. The molecule has 17 heavy (non-hydrogen) atoms. The number of nitrogens with two attached hydrogens (primary N) is 1. The van der Waals surface area contributed by atoms with Gasteiger partial charge in [-0.2, -0.15) is 0 Å². The third kappa shape index (κ3) is 3.94. The molecule has 0 spiro atoms. The van der Waals surface area contributed by atoms with Crippen molar-refractivity contribution in [2.45, 2.75) is 32.7 Å². The Labute approximate surface area is 102 Å². The number of anilines is 2. The van der Waals surface area contributed by atoms with Gasteiger partial charge in [0.15, 0.2) is 0 Å². The molecule has 1 heterocycles. The van der Waals surface area contributed by atoms with Gasteiger partial charge < -0.3 is 16.4 Å². The molecular formula is C12H20N4O. The molecule has 0 atom stereocenters. The summed E-state index contributed by atoms with van der Waals surface area (Å²) in [5.74, 6) is -0.399. The Balaban J connectivity index is 2.75. The van der Waals surface area contributed by atoms with Crippen molar-refractivity contribution in [1.29, 1.82) is 0 Å². The highest BCUT2D eigenvalue weighted by Gasteiger charge is 2.24. The summed E-state index contributed by atoms with van der Waals surface area (Å²) in [6.45, 7) is 6.46. The van der Waals surface area contributed by atoms with Gasteiger partial charge in [0.1, 0.15) is 5.54 Å². The van der Waals surface area contributed by atoms with Gasteiger partial charge in [0, 0.05) is 6.54 Å². The Morgan fingerprint density at radius 1 is 1.41 bits per heavy atom. The Morgan fingerprint density at radius 2 is 2.06 bits per heavy atom. The van der Waals surface area contributed by atoms with Crippen LogP contribution in [0.2, 0.25) is 0 Å². The summed E-state index contributed by atoms with van der Waals surface area (Å²) in [5, 5.41) is 6.29. The van der Waals surface area contributed by atoms with Gasteiger partial charge >= 0.3 is 0 Å². The van der Waals surface area contributed by atoms with E-state index in [1.807, 2.05) is 6.07 Å². The predicted molar refractivity (Wildman–Crippen MR) is 69.9 cm³/mol. The van der Waals surface area contributed by atoms with E-state index in [2.05, 4.69) is 22.5 Å². The lowest BCUT2D eigenvalue weighted by Crippen LogP contribution is -2.45. The summed E-state index contributed by atoms with van der Waals surface area (Å²) in [4.78, 5) is 15.3. The molecule has 0 radical (unpaired) electrons. The Kier molecular flexibility index (Phi) is 4.31. The van der Waals surface area contributed by atoms with Crippen LogP contribution in [0, 0.1) is 0 Å². The van der Waals surface area contributed by atoms with Crippen LogP contribution < -0.4 is 16.4 Å². The number of hydrogen-bond donors (Lipinski definition) is 3. The van der Waals surface area contributed by atoms with Crippen LogP contribution in [0.3, 0.4) is 0 Å². The third-order valence-corrected chi connectivity index (χ3v) is 2.39. The Morgan fingerprint density at radius 3 is 2.65 bits per heavy atom. The predicted octanol–water partition coefficient (Wildman–Crippen LogP) is 1.58. The van der Waals surface area contributed by atoms with Crippen molar-refractivity contribution in [2.75, 3.05) is 17.2 Å². The van der Waals surface area contributed by atoms with E-state index in [0.29, 0.717) is 0 Å². The van der Waals surface area contributed by atoms with Crippen molar-refractivity contribution in [3.05, 3.63) is 18.5 Å². The van der Waals surface area contributed by atoms with E-state index in [9.17, 15) is 4.79 Å². The fraction of sp³-hybridized carbons (Fsp3) is 0.500. The van der Waals surface area contributed by atoms with E-state index in [0.717, 1.165) is 24.3 Å². The third-order valence-electron chi connectivity index (χ3n) is 2.39. The van der Waals surface area contributed by atoms with Gasteiger partial charge in [-0.15, -0.1) is 0 Å². The summed E-state index contributed by atoms with van der Waals surface area (Å²) in [5.41, 5.74) is 6.21. The van der Waals surface area contributed by atoms with Crippen LogP contribution in [0.4, 0.5) is 11.4 Å². The first kappa shape index (κ1) is 13.3. The van der Waals surface area contributed by atoms with Crippen molar-refractivity contribution in [2.24, 2.45) is 5.73 Å². The summed E-state index contributed by atoms with van der Waals surface area (Å²) >= 11 is 0. The van der Waals surface area contributed by atoms with E-state index in [1.165, 1.54) is 0 Å². The van der Waals surface area contributed by atoms with Gasteiger partial charge in [-0.05, 0) is 26.3 Å². The van der Waals surface area contributed by atoms with Crippen LogP contribution in [0.5, 0.6) is 0 Å². The zero-order valence-corrected chi connectivity index (χ0v) is 10.6. The number of aromatic nitrogens is 1. The second-order valence-electron chi connectivity index (χ2n) is 4.50. The van der Waals surface area contributed by atoms with Gasteiger partial charge in [0.05, 0.1) is 23.8 Å². The minimum atomic E-state index is -0.787. The molecule has 1 aromatic heterocycles.